The van der Waals surface area contributed by atoms with Gasteiger partial charge in [0.25, 0.3) is 5.91 Å². The van der Waals surface area contributed by atoms with Crippen molar-refractivity contribution in [3.8, 4) is 28.7 Å². The van der Waals surface area contributed by atoms with Gasteiger partial charge in [-0.25, -0.2) is 4.57 Å². The topological polar surface area (TPSA) is 102 Å². The van der Waals surface area contributed by atoms with Crippen molar-refractivity contribution in [2.75, 3.05) is 33.3 Å². The number of carbonyl (C=O) groups excluding carboxylic acids is 1. The second kappa shape index (κ2) is 13.9. The van der Waals surface area contributed by atoms with E-state index in [9.17, 15) is 9.36 Å². The highest BCUT2D eigenvalue weighted by molar-refractivity contribution is 7.48. The molecule has 1 aliphatic heterocycles. The third-order valence-electron chi connectivity index (χ3n) is 7.19. The Morgan fingerprint density at radius 3 is 1.71 bits per heavy atom. The van der Waals surface area contributed by atoms with Gasteiger partial charge in [-0.1, -0.05) is 73.3 Å². The molecule has 10 nitrogen and oxygen atoms in total. The van der Waals surface area contributed by atoms with Crippen LogP contribution in [-0.4, -0.2) is 34.3 Å². The van der Waals surface area contributed by atoms with Gasteiger partial charge in [0.05, 0.1) is 53.4 Å². The smallest absolute Gasteiger partial charge is 0.493 e. The molecule has 234 valence electrons. The van der Waals surface area contributed by atoms with Crippen LogP contribution in [0.4, 0.5) is 5.69 Å². The molecule has 1 amide bonds. The minimum absolute atomic E-state index is 0.0161. The number of nitrogens with zero attached hydrogens (tertiary/aromatic N) is 1. The molecule has 4 aromatic rings. The summed E-state index contributed by atoms with van der Waals surface area (Å²) < 4.78 is 53.8. The summed E-state index contributed by atoms with van der Waals surface area (Å²) in [5.74, 6) is 1.30. The number of benzene rings is 4. The highest BCUT2D eigenvalue weighted by atomic mass is 31.2. The van der Waals surface area contributed by atoms with E-state index < -0.39 is 13.9 Å². The third-order valence-corrected chi connectivity index (χ3v) is 8.50. The first kappa shape index (κ1) is 31.7. The van der Waals surface area contributed by atoms with Crippen LogP contribution in [-0.2, 0) is 31.6 Å². The number of anilines is 1. The Bertz CT molecular complexity index is 1640. The van der Waals surface area contributed by atoms with Crippen molar-refractivity contribution < 1.29 is 41.9 Å². The normalized spacial score (nSPS) is 14.5. The van der Waals surface area contributed by atoms with Crippen LogP contribution in [0, 0.1) is 0 Å². The summed E-state index contributed by atoms with van der Waals surface area (Å²) in [5, 5.41) is 0. The van der Waals surface area contributed by atoms with Crippen molar-refractivity contribution >= 4 is 19.4 Å². The molecular formula is C34H34NO9P. The zero-order valence-electron chi connectivity index (χ0n) is 25.4. The Hall–Kier alpha value is -4.76. The number of rotatable bonds is 14. The van der Waals surface area contributed by atoms with Crippen LogP contribution in [0.1, 0.15) is 22.7 Å². The molecule has 1 fully saturated rings. The van der Waals surface area contributed by atoms with E-state index in [1.807, 2.05) is 60.7 Å². The zero-order chi connectivity index (χ0) is 32.0. The predicted octanol–water partition coefficient (Wildman–Crippen LogP) is 7.29. The van der Waals surface area contributed by atoms with Gasteiger partial charge in [0.2, 0.25) is 5.75 Å². The Labute approximate surface area is 262 Å². The number of β-lactam (4-membered cyclic amide) rings is 1. The van der Waals surface area contributed by atoms with Crippen molar-refractivity contribution in [1.29, 1.82) is 0 Å². The molecule has 5 rings (SSSR count). The molecule has 1 heterocycles. The molecule has 0 radical (unpaired) electrons. The van der Waals surface area contributed by atoms with Crippen molar-refractivity contribution in [1.82, 2.24) is 0 Å². The number of methoxy groups -OCH3 is 4. The lowest BCUT2D eigenvalue weighted by Crippen LogP contribution is -2.48. The molecule has 11 heteroatoms. The molecule has 1 atom stereocenters. The lowest BCUT2D eigenvalue weighted by Gasteiger charge is -2.43. The highest BCUT2D eigenvalue weighted by Crippen LogP contribution is 2.54. The standard InChI is InChI=1S/C34H34NO9P/c1-23-32(35(34(23)36)27-19-30(39-3)33(41-5)31(20-27)40-4)26-16-17-28(38-2)29(18-26)44-45(37,42-21-24-12-8-6-9-13-24)43-22-25-14-10-7-11-15-25/h6-20,32H,1,21-22H2,2-5H3/t32-/m1/s1. The van der Waals surface area contributed by atoms with E-state index in [1.165, 1.54) is 28.4 Å². The van der Waals surface area contributed by atoms with Crippen LogP contribution in [0.25, 0.3) is 0 Å². The van der Waals surface area contributed by atoms with E-state index in [1.54, 1.807) is 35.2 Å². The van der Waals surface area contributed by atoms with Gasteiger partial charge < -0.3 is 23.5 Å². The monoisotopic (exact) mass is 631 g/mol. The lowest BCUT2D eigenvalue weighted by atomic mass is 9.88. The van der Waals surface area contributed by atoms with Crippen LogP contribution in [0.5, 0.6) is 28.7 Å². The fraction of sp³-hybridized carbons (Fsp3) is 0.206. The molecule has 45 heavy (non-hydrogen) atoms. The first-order valence-corrected chi connectivity index (χ1v) is 15.4. The fourth-order valence-corrected chi connectivity index (χ4v) is 6.08. The van der Waals surface area contributed by atoms with Gasteiger partial charge >= 0.3 is 7.82 Å². The van der Waals surface area contributed by atoms with Crippen LogP contribution < -0.4 is 28.4 Å². The third kappa shape index (κ3) is 6.83. The van der Waals surface area contributed by atoms with Gasteiger partial charge in [0.1, 0.15) is 0 Å². The molecule has 0 bridgehead atoms. The van der Waals surface area contributed by atoms with E-state index >= 15 is 0 Å². The molecule has 1 aliphatic rings. The van der Waals surface area contributed by atoms with E-state index in [0.717, 1.165) is 11.1 Å². The summed E-state index contributed by atoms with van der Waals surface area (Å²) in [4.78, 5) is 14.7. The van der Waals surface area contributed by atoms with Crippen LogP contribution in [0.2, 0.25) is 0 Å². The highest BCUT2D eigenvalue weighted by Gasteiger charge is 2.44. The second-order valence-corrected chi connectivity index (χ2v) is 11.5. The molecule has 1 saturated heterocycles. The van der Waals surface area contributed by atoms with E-state index in [-0.39, 0.29) is 24.9 Å². The van der Waals surface area contributed by atoms with Gasteiger partial charge in [-0.15, -0.1) is 0 Å². The molecule has 0 N–H and O–H groups in total. The van der Waals surface area contributed by atoms with Gasteiger partial charge in [-0.05, 0) is 28.8 Å². The number of hydrogen-bond donors (Lipinski definition) is 0. The number of carbonyl (C=O) groups is 1. The number of ether oxygens (including phenoxy) is 4. The average Bonchev–Trinajstić information content (AvgIpc) is 3.08. The minimum atomic E-state index is -4.21. The average molecular weight is 632 g/mol. The predicted molar refractivity (Wildman–Crippen MR) is 169 cm³/mol. The number of amides is 1. The summed E-state index contributed by atoms with van der Waals surface area (Å²) in [6.07, 6.45) is 0. The fourth-order valence-electron chi connectivity index (χ4n) is 4.90. The maximum atomic E-state index is 14.1. The maximum Gasteiger partial charge on any atom is 0.530 e. The largest absolute Gasteiger partial charge is 0.530 e. The Morgan fingerprint density at radius 1 is 0.689 bits per heavy atom. The van der Waals surface area contributed by atoms with E-state index in [4.69, 9.17) is 32.5 Å². The molecule has 0 unspecified atom stereocenters. The van der Waals surface area contributed by atoms with E-state index in [2.05, 4.69) is 6.58 Å². The van der Waals surface area contributed by atoms with E-state index in [0.29, 0.717) is 39.8 Å². The Kier molecular flexibility index (Phi) is 9.78. The summed E-state index contributed by atoms with van der Waals surface area (Å²) in [5.41, 5.74) is 3.06. The number of phosphoric ester groups is 1. The van der Waals surface area contributed by atoms with Crippen LogP contribution in [0.3, 0.4) is 0 Å². The first-order chi connectivity index (χ1) is 21.8. The summed E-state index contributed by atoms with van der Waals surface area (Å²) in [6.45, 7) is 3.98. The van der Waals surface area contributed by atoms with Gasteiger partial charge in [-0.2, -0.15) is 0 Å². The summed E-state index contributed by atoms with van der Waals surface area (Å²) in [7, 11) is 1.76. The molecule has 0 aromatic heterocycles. The summed E-state index contributed by atoms with van der Waals surface area (Å²) in [6, 6.07) is 26.4. The Morgan fingerprint density at radius 2 is 1.22 bits per heavy atom. The molecule has 4 aromatic carbocycles. The minimum Gasteiger partial charge on any atom is -0.493 e. The maximum absolute atomic E-state index is 14.1. The first-order valence-electron chi connectivity index (χ1n) is 14.0. The van der Waals surface area contributed by atoms with Gasteiger partial charge in [0.15, 0.2) is 23.0 Å². The van der Waals surface area contributed by atoms with Crippen molar-refractivity contribution in [2.24, 2.45) is 0 Å². The Balaban J connectivity index is 1.47. The molecular weight excluding hydrogens is 597 g/mol. The van der Waals surface area contributed by atoms with Crippen LogP contribution in [0.15, 0.2) is 103 Å². The second-order valence-electron chi connectivity index (χ2n) is 9.95. The molecule has 0 spiro atoms. The van der Waals surface area contributed by atoms with Gasteiger partial charge in [0, 0.05) is 17.7 Å². The van der Waals surface area contributed by atoms with Crippen molar-refractivity contribution in [3.63, 3.8) is 0 Å². The van der Waals surface area contributed by atoms with Gasteiger partial charge in [-0.3, -0.25) is 18.7 Å². The zero-order valence-corrected chi connectivity index (χ0v) is 26.3. The number of hydrogen-bond acceptors (Lipinski definition) is 9. The molecule has 0 aliphatic carbocycles. The van der Waals surface area contributed by atoms with Crippen molar-refractivity contribution in [3.05, 3.63) is 120 Å². The number of phosphoric acid groups is 1. The lowest BCUT2D eigenvalue weighted by molar-refractivity contribution is -0.119. The van der Waals surface area contributed by atoms with Crippen molar-refractivity contribution in [2.45, 2.75) is 19.3 Å². The SMILES string of the molecule is C=C1C(=O)N(c2cc(OC)c(OC)c(OC)c2)[C@H]1c1ccc(OC)c(OP(=O)(OCc2ccccc2)OCc2ccccc2)c1. The molecule has 0 saturated carbocycles. The quantitative estimate of drug-likeness (QED) is 0.0807. The van der Waals surface area contributed by atoms with Crippen LogP contribution >= 0.6 is 7.82 Å². The summed E-state index contributed by atoms with van der Waals surface area (Å²) >= 11 is 0.